The SMILES string of the molecule is CCOC(=O)CCN(C(=O)Oc1ccc2c(c1)c(C(=O)CCc1ccc(C(=N)N)cc1)cn2C)c1ccccc1. The molecule has 0 aliphatic carbocycles. The number of Topliss-reactive ketones (excluding diaryl/α,β-unsaturated/α-hetero) is 1. The molecule has 40 heavy (non-hydrogen) atoms. The smallest absolute Gasteiger partial charge is 0.419 e. The number of ketones is 1. The minimum absolute atomic E-state index is 0.000717. The first-order valence-electron chi connectivity index (χ1n) is 13.0. The van der Waals surface area contributed by atoms with Gasteiger partial charge in [0.15, 0.2) is 5.78 Å². The molecule has 0 aliphatic rings. The zero-order chi connectivity index (χ0) is 28.6. The average molecular weight is 541 g/mol. The number of carbonyl (C=O) groups excluding carboxylic acids is 3. The topological polar surface area (TPSA) is 128 Å². The van der Waals surface area contributed by atoms with Crippen LogP contribution in [0.1, 0.15) is 41.3 Å². The second kappa shape index (κ2) is 12.8. The maximum Gasteiger partial charge on any atom is 0.419 e. The van der Waals surface area contributed by atoms with Crippen molar-refractivity contribution >= 4 is 40.3 Å². The quantitative estimate of drug-likeness (QED) is 0.116. The molecule has 4 rings (SSSR count). The van der Waals surface area contributed by atoms with Crippen LogP contribution in [0.5, 0.6) is 5.75 Å². The van der Waals surface area contributed by atoms with E-state index in [-0.39, 0.29) is 43.4 Å². The molecule has 3 aromatic carbocycles. The van der Waals surface area contributed by atoms with Gasteiger partial charge in [0.05, 0.1) is 13.0 Å². The van der Waals surface area contributed by atoms with E-state index in [1.807, 2.05) is 29.8 Å². The number of nitrogens with two attached hydrogens (primary N) is 1. The molecule has 1 aromatic heterocycles. The molecule has 1 amide bonds. The first-order chi connectivity index (χ1) is 19.3. The number of para-hydroxylation sites is 1. The lowest BCUT2D eigenvalue weighted by molar-refractivity contribution is -0.142. The van der Waals surface area contributed by atoms with Gasteiger partial charge in [0, 0.05) is 53.9 Å². The van der Waals surface area contributed by atoms with E-state index < -0.39 is 12.1 Å². The second-order valence-electron chi connectivity index (χ2n) is 9.28. The lowest BCUT2D eigenvalue weighted by Crippen LogP contribution is -2.35. The summed E-state index contributed by atoms with van der Waals surface area (Å²) in [5, 5.41) is 8.20. The molecular formula is C31H32N4O5. The van der Waals surface area contributed by atoms with Gasteiger partial charge in [-0.05, 0) is 49.2 Å². The molecule has 0 fully saturated rings. The lowest BCUT2D eigenvalue weighted by atomic mass is 10.0. The summed E-state index contributed by atoms with van der Waals surface area (Å²) in [5.41, 5.74) is 9.08. The van der Waals surface area contributed by atoms with Gasteiger partial charge in [0.2, 0.25) is 0 Å². The number of aromatic nitrogens is 1. The summed E-state index contributed by atoms with van der Waals surface area (Å²) in [7, 11) is 1.86. The summed E-state index contributed by atoms with van der Waals surface area (Å²) in [6, 6.07) is 21.4. The fourth-order valence-electron chi connectivity index (χ4n) is 4.43. The van der Waals surface area contributed by atoms with Crippen LogP contribution >= 0.6 is 0 Å². The number of benzene rings is 3. The Morgan fingerprint density at radius 2 is 1.70 bits per heavy atom. The lowest BCUT2D eigenvalue weighted by Gasteiger charge is -2.21. The van der Waals surface area contributed by atoms with Crippen molar-refractivity contribution in [1.82, 2.24) is 4.57 Å². The Labute approximate surface area is 232 Å². The molecule has 0 aliphatic heterocycles. The standard InChI is InChI=1S/C31H32N4O5/c1-3-39-29(37)17-18-35(23-7-5-4-6-8-23)31(38)40-24-14-15-27-25(19-24)26(20-34(27)2)28(36)16-11-21-9-12-22(13-10-21)30(32)33/h4-10,12-15,19-20H,3,11,16-18H2,1-2H3,(H3,32,33). The Morgan fingerprint density at radius 3 is 2.38 bits per heavy atom. The molecule has 0 saturated carbocycles. The van der Waals surface area contributed by atoms with E-state index in [0.717, 1.165) is 11.1 Å². The third-order valence-electron chi connectivity index (χ3n) is 6.51. The average Bonchev–Trinajstić information content (AvgIpc) is 3.28. The fourth-order valence-corrected chi connectivity index (χ4v) is 4.43. The van der Waals surface area contributed by atoms with E-state index >= 15 is 0 Å². The Kier molecular flexibility index (Phi) is 8.96. The molecule has 9 nitrogen and oxygen atoms in total. The number of hydrogen-bond acceptors (Lipinski definition) is 6. The van der Waals surface area contributed by atoms with Gasteiger partial charge in [0.25, 0.3) is 0 Å². The van der Waals surface area contributed by atoms with Gasteiger partial charge in [0.1, 0.15) is 11.6 Å². The van der Waals surface area contributed by atoms with Crippen LogP contribution in [0.3, 0.4) is 0 Å². The van der Waals surface area contributed by atoms with Crippen LogP contribution in [-0.2, 0) is 23.0 Å². The molecule has 1 heterocycles. The number of fused-ring (bicyclic) bond motifs is 1. The van der Waals surface area contributed by atoms with Gasteiger partial charge in [-0.1, -0.05) is 42.5 Å². The van der Waals surface area contributed by atoms with E-state index in [9.17, 15) is 14.4 Å². The summed E-state index contributed by atoms with van der Waals surface area (Å²) in [4.78, 5) is 39.8. The number of rotatable bonds is 11. The molecule has 0 saturated heterocycles. The Balaban J connectivity index is 1.51. The van der Waals surface area contributed by atoms with Gasteiger partial charge in [-0.3, -0.25) is 19.9 Å². The first-order valence-corrected chi connectivity index (χ1v) is 13.0. The van der Waals surface area contributed by atoms with E-state index in [1.54, 1.807) is 67.7 Å². The molecule has 3 N–H and O–H groups in total. The van der Waals surface area contributed by atoms with Crippen molar-refractivity contribution < 1.29 is 23.9 Å². The molecule has 206 valence electrons. The Bertz CT molecular complexity index is 1530. The second-order valence-corrected chi connectivity index (χ2v) is 9.28. The fraction of sp³-hybridized carbons (Fsp3) is 0.226. The third kappa shape index (κ3) is 6.74. The Hall–Kier alpha value is -4.92. The zero-order valence-electron chi connectivity index (χ0n) is 22.6. The van der Waals surface area contributed by atoms with Crippen LogP contribution in [0.2, 0.25) is 0 Å². The zero-order valence-corrected chi connectivity index (χ0v) is 22.6. The van der Waals surface area contributed by atoms with Gasteiger partial charge in [-0.2, -0.15) is 0 Å². The number of anilines is 1. The van der Waals surface area contributed by atoms with E-state index in [0.29, 0.717) is 28.6 Å². The van der Waals surface area contributed by atoms with Crippen LogP contribution in [0.25, 0.3) is 10.9 Å². The molecule has 0 unspecified atom stereocenters. The van der Waals surface area contributed by atoms with Crippen LogP contribution in [0, 0.1) is 5.41 Å². The van der Waals surface area contributed by atoms with Crippen molar-refractivity contribution in [2.75, 3.05) is 18.1 Å². The summed E-state index contributed by atoms with van der Waals surface area (Å²) < 4.78 is 12.6. The normalized spacial score (nSPS) is 10.8. The van der Waals surface area contributed by atoms with Crippen LogP contribution in [0.4, 0.5) is 10.5 Å². The predicted octanol–water partition coefficient (Wildman–Crippen LogP) is 5.24. The van der Waals surface area contributed by atoms with Crippen molar-refractivity contribution in [2.24, 2.45) is 12.8 Å². The van der Waals surface area contributed by atoms with Crippen molar-refractivity contribution in [1.29, 1.82) is 5.41 Å². The molecule has 9 heteroatoms. The first kappa shape index (κ1) is 28.1. The summed E-state index contributed by atoms with van der Waals surface area (Å²) in [5.74, 6) is -0.152. The van der Waals surface area contributed by atoms with Gasteiger partial charge >= 0.3 is 12.1 Å². The predicted molar refractivity (Wildman–Crippen MR) is 154 cm³/mol. The van der Waals surface area contributed by atoms with Gasteiger partial charge < -0.3 is 19.8 Å². The molecule has 4 aromatic rings. The van der Waals surface area contributed by atoms with E-state index in [1.165, 1.54) is 4.90 Å². The number of aryl methyl sites for hydroxylation is 2. The number of amides is 1. The van der Waals surface area contributed by atoms with Crippen molar-refractivity contribution in [3.63, 3.8) is 0 Å². The number of carbonyl (C=O) groups is 3. The maximum absolute atomic E-state index is 13.2. The highest BCUT2D eigenvalue weighted by Gasteiger charge is 2.21. The molecule has 0 atom stereocenters. The summed E-state index contributed by atoms with van der Waals surface area (Å²) in [6.07, 6.45) is 1.98. The van der Waals surface area contributed by atoms with Crippen LogP contribution in [0.15, 0.2) is 79.0 Å². The van der Waals surface area contributed by atoms with Crippen LogP contribution < -0.4 is 15.4 Å². The van der Waals surface area contributed by atoms with Gasteiger partial charge in [-0.15, -0.1) is 0 Å². The third-order valence-corrected chi connectivity index (χ3v) is 6.51. The minimum atomic E-state index is -0.646. The van der Waals surface area contributed by atoms with Crippen LogP contribution in [-0.4, -0.2) is 41.4 Å². The van der Waals surface area contributed by atoms with Gasteiger partial charge in [-0.25, -0.2) is 4.79 Å². The highest BCUT2D eigenvalue weighted by Crippen LogP contribution is 2.28. The molecular weight excluding hydrogens is 508 g/mol. The van der Waals surface area contributed by atoms with Crippen molar-refractivity contribution in [3.05, 3.63) is 95.7 Å². The number of amidine groups is 1. The highest BCUT2D eigenvalue weighted by molar-refractivity contribution is 6.08. The van der Waals surface area contributed by atoms with E-state index in [4.69, 9.17) is 20.6 Å². The summed E-state index contributed by atoms with van der Waals surface area (Å²) >= 11 is 0. The molecule has 0 radical (unpaired) electrons. The number of nitrogens with zero attached hydrogens (tertiary/aromatic N) is 2. The monoisotopic (exact) mass is 540 g/mol. The number of esters is 1. The van der Waals surface area contributed by atoms with Crippen molar-refractivity contribution in [2.45, 2.75) is 26.2 Å². The number of nitrogen functional groups attached to an aromatic ring is 1. The minimum Gasteiger partial charge on any atom is -0.466 e. The summed E-state index contributed by atoms with van der Waals surface area (Å²) in [6.45, 7) is 2.08. The molecule has 0 bridgehead atoms. The van der Waals surface area contributed by atoms with E-state index in [2.05, 4.69) is 0 Å². The van der Waals surface area contributed by atoms with Crippen molar-refractivity contribution in [3.8, 4) is 5.75 Å². The Morgan fingerprint density at radius 1 is 0.975 bits per heavy atom. The number of nitrogens with one attached hydrogen (secondary N) is 1. The number of hydrogen-bond donors (Lipinski definition) is 2. The maximum atomic E-state index is 13.2. The number of ether oxygens (including phenoxy) is 2. The largest absolute Gasteiger partial charge is 0.466 e. The highest BCUT2D eigenvalue weighted by atomic mass is 16.6. The molecule has 0 spiro atoms.